The molecular formula is C14H17N5O2. The number of amides is 2. The lowest BCUT2D eigenvalue weighted by Crippen LogP contribution is -2.16. The van der Waals surface area contributed by atoms with Crippen LogP contribution in [0.3, 0.4) is 0 Å². The van der Waals surface area contributed by atoms with E-state index >= 15 is 0 Å². The van der Waals surface area contributed by atoms with Gasteiger partial charge in [-0.3, -0.25) is 9.59 Å². The molecule has 0 aliphatic heterocycles. The molecule has 7 heteroatoms. The lowest BCUT2D eigenvalue weighted by atomic mass is 10.1. The molecule has 0 spiro atoms. The van der Waals surface area contributed by atoms with Crippen LogP contribution >= 0.6 is 0 Å². The molecule has 0 bridgehead atoms. The average molecular weight is 287 g/mol. The predicted octanol–water partition coefficient (Wildman–Crippen LogP) is 0.713. The van der Waals surface area contributed by atoms with Crippen LogP contribution in [0.1, 0.15) is 33.3 Å². The van der Waals surface area contributed by atoms with Crippen LogP contribution in [-0.4, -0.2) is 21.4 Å². The summed E-state index contributed by atoms with van der Waals surface area (Å²) in [6.07, 6.45) is 3.50. The molecule has 2 amide bonds. The third-order valence-electron chi connectivity index (χ3n) is 3.11. The van der Waals surface area contributed by atoms with Crippen LogP contribution in [-0.2, 0) is 13.1 Å². The van der Waals surface area contributed by atoms with E-state index in [1.807, 2.05) is 11.5 Å². The monoisotopic (exact) mass is 287 g/mol. The molecule has 2 rings (SSSR count). The topological polar surface area (TPSA) is 116 Å². The number of carbonyl (C=O) groups is 2. The highest BCUT2D eigenvalue weighted by Crippen LogP contribution is 2.16. The number of anilines is 1. The van der Waals surface area contributed by atoms with Gasteiger partial charge in [-0.05, 0) is 25.1 Å². The fraction of sp³-hybridized carbons (Fsp3) is 0.214. The first-order valence-electron chi connectivity index (χ1n) is 6.48. The highest BCUT2D eigenvalue weighted by molar-refractivity contribution is 5.99. The van der Waals surface area contributed by atoms with Crippen molar-refractivity contribution < 1.29 is 9.59 Å². The molecule has 7 nitrogen and oxygen atoms in total. The quantitative estimate of drug-likeness (QED) is 0.725. The molecule has 110 valence electrons. The number of nitrogens with two attached hydrogens (primary N) is 2. The highest BCUT2D eigenvalue weighted by atomic mass is 16.1. The molecule has 0 unspecified atom stereocenters. The molecule has 0 aliphatic carbocycles. The Hall–Kier alpha value is -2.83. The number of aryl methyl sites for hydroxylation is 1. The number of carbonyl (C=O) groups excluding carboxylic acids is 2. The number of hydrogen-bond acceptors (Lipinski definition) is 4. The molecule has 1 heterocycles. The van der Waals surface area contributed by atoms with Crippen molar-refractivity contribution in [3.05, 3.63) is 47.5 Å². The van der Waals surface area contributed by atoms with E-state index in [1.165, 1.54) is 6.07 Å². The van der Waals surface area contributed by atoms with Gasteiger partial charge in [0.1, 0.15) is 0 Å². The van der Waals surface area contributed by atoms with Crippen molar-refractivity contribution >= 4 is 17.5 Å². The van der Waals surface area contributed by atoms with Gasteiger partial charge in [0, 0.05) is 29.6 Å². The first kappa shape index (κ1) is 14.6. The minimum Gasteiger partial charge on any atom is -0.379 e. The minimum absolute atomic E-state index is 0.234. The molecule has 0 fully saturated rings. The minimum atomic E-state index is -0.611. The van der Waals surface area contributed by atoms with E-state index < -0.39 is 11.8 Å². The van der Waals surface area contributed by atoms with Gasteiger partial charge in [0.05, 0.1) is 18.6 Å². The van der Waals surface area contributed by atoms with E-state index in [9.17, 15) is 9.59 Å². The number of hydrogen-bond donors (Lipinski definition) is 3. The van der Waals surface area contributed by atoms with Gasteiger partial charge in [-0.25, -0.2) is 4.98 Å². The zero-order chi connectivity index (χ0) is 15.4. The van der Waals surface area contributed by atoms with E-state index in [2.05, 4.69) is 10.3 Å². The first-order valence-corrected chi connectivity index (χ1v) is 6.48. The van der Waals surface area contributed by atoms with Crippen molar-refractivity contribution in [1.29, 1.82) is 0 Å². The summed E-state index contributed by atoms with van der Waals surface area (Å²) in [7, 11) is 0. The first-order chi connectivity index (χ1) is 10.0. The highest BCUT2D eigenvalue weighted by Gasteiger charge is 2.09. The lowest BCUT2D eigenvalue weighted by Gasteiger charge is -2.10. The standard InChI is InChI=1S/C14H17N5O2/c1-2-19-8-17-6-12(19)7-18-11-4-9(13(15)20)3-10(5-11)14(16)21/h3-6,8,18H,2,7H2,1H3,(H2,15,20)(H2,16,21). The lowest BCUT2D eigenvalue weighted by molar-refractivity contribution is 0.0999. The van der Waals surface area contributed by atoms with E-state index in [4.69, 9.17) is 11.5 Å². The Labute approximate surface area is 122 Å². The van der Waals surface area contributed by atoms with Crippen LogP contribution in [0.4, 0.5) is 5.69 Å². The summed E-state index contributed by atoms with van der Waals surface area (Å²) in [6, 6.07) is 4.55. The number of primary amides is 2. The van der Waals surface area contributed by atoms with Crippen LogP contribution < -0.4 is 16.8 Å². The number of aromatic nitrogens is 2. The van der Waals surface area contributed by atoms with Gasteiger partial charge in [-0.1, -0.05) is 0 Å². The largest absolute Gasteiger partial charge is 0.379 e. The second-order valence-electron chi connectivity index (χ2n) is 4.55. The van der Waals surface area contributed by atoms with E-state index in [0.717, 1.165) is 12.2 Å². The van der Waals surface area contributed by atoms with Crippen molar-refractivity contribution in [2.75, 3.05) is 5.32 Å². The molecule has 5 N–H and O–H groups in total. The number of benzene rings is 1. The number of nitrogens with zero attached hydrogens (tertiary/aromatic N) is 2. The van der Waals surface area contributed by atoms with Crippen LogP contribution in [0.5, 0.6) is 0 Å². The molecule has 21 heavy (non-hydrogen) atoms. The molecule has 0 aliphatic rings. The number of rotatable bonds is 6. The Morgan fingerprint density at radius 3 is 2.33 bits per heavy atom. The summed E-state index contributed by atoms with van der Waals surface area (Å²) in [5.74, 6) is -1.22. The summed E-state index contributed by atoms with van der Waals surface area (Å²) in [4.78, 5) is 26.7. The van der Waals surface area contributed by atoms with Crippen LogP contribution in [0.25, 0.3) is 0 Å². The Kier molecular flexibility index (Phi) is 4.22. The van der Waals surface area contributed by atoms with Crippen molar-refractivity contribution in [3.63, 3.8) is 0 Å². The van der Waals surface area contributed by atoms with E-state index in [1.54, 1.807) is 24.7 Å². The Morgan fingerprint density at radius 2 is 1.81 bits per heavy atom. The fourth-order valence-electron chi connectivity index (χ4n) is 1.99. The summed E-state index contributed by atoms with van der Waals surface area (Å²) < 4.78 is 1.99. The Balaban J connectivity index is 2.23. The smallest absolute Gasteiger partial charge is 0.248 e. The summed E-state index contributed by atoms with van der Waals surface area (Å²) in [5.41, 5.74) is 12.6. The molecule has 2 aromatic rings. The van der Waals surface area contributed by atoms with Crippen molar-refractivity contribution in [3.8, 4) is 0 Å². The number of nitrogens with one attached hydrogen (secondary N) is 1. The molecule has 0 saturated carbocycles. The summed E-state index contributed by atoms with van der Waals surface area (Å²) in [5, 5.41) is 3.14. The third kappa shape index (κ3) is 3.38. The third-order valence-corrected chi connectivity index (χ3v) is 3.11. The maximum absolute atomic E-state index is 11.3. The SMILES string of the molecule is CCn1cncc1CNc1cc(C(N)=O)cc(C(N)=O)c1. The maximum atomic E-state index is 11.3. The van der Waals surface area contributed by atoms with Crippen LogP contribution in [0.15, 0.2) is 30.7 Å². The molecule has 1 aromatic carbocycles. The second kappa shape index (κ2) is 6.08. The van der Waals surface area contributed by atoms with Crippen molar-refractivity contribution in [2.24, 2.45) is 11.5 Å². The second-order valence-corrected chi connectivity index (χ2v) is 4.55. The molecule has 1 aromatic heterocycles. The summed E-state index contributed by atoms with van der Waals surface area (Å²) >= 11 is 0. The Bertz CT molecular complexity index is 646. The maximum Gasteiger partial charge on any atom is 0.248 e. The number of imidazole rings is 1. The van der Waals surface area contributed by atoms with Gasteiger partial charge in [-0.15, -0.1) is 0 Å². The zero-order valence-electron chi connectivity index (χ0n) is 11.7. The molecule has 0 radical (unpaired) electrons. The van der Waals surface area contributed by atoms with Gasteiger partial charge >= 0.3 is 0 Å². The zero-order valence-corrected chi connectivity index (χ0v) is 11.7. The van der Waals surface area contributed by atoms with Gasteiger partial charge in [0.25, 0.3) is 0 Å². The molecular weight excluding hydrogens is 270 g/mol. The predicted molar refractivity (Wildman–Crippen MR) is 78.7 cm³/mol. The Morgan fingerprint density at radius 1 is 1.19 bits per heavy atom. The fourth-order valence-corrected chi connectivity index (χ4v) is 1.99. The normalized spacial score (nSPS) is 10.3. The van der Waals surface area contributed by atoms with Crippen molar-refractivity contribution in [2.45, 2.75) is 20.0 Å². The van der Waals surface area contributed by atoms with Gasteiger partial charge < -0.3 is 21.4 Å². The summed E-state index contributed by atoms with van der Waals surface area (Å²) in [6.45, 7) is 3.34. The van der Waals surface area contributed by atoms with E-state index in [0.29, 0.717) is 12.2 Å². The van der Waals surface area contributed by atoms with Gasteiger partial charge in [-0.2, -0.15) is 0 Å². The molecule has 0 atom stereocenters. The van der Waals surface area contributed by atoms with Crippen LogP contribution in [0, 0.1) is 0 Å². The van der Waals surface area contributed by atoms with Crippen LogP contribution in [0.2, 0.25) is 0 Å². The van der Waals surface area contributed by atoms with Gasteiger partial charge in [0.15, 0.2) is 0 Å². The van der Waals surface area contributed by atoms with E-state index in [-0.39, 0.29) is 11.1 Å². The average Bonchev–Trinajstić information content (AvgIpc) is 2.92. The van der Waals surface area contributed by atoms with Crippen molar-refractivity contribution in [1.82, 2.24) is 9.55 Å². The molecule has 0 saturated heterocycles. The van der Waals surface area contributed by atoms with Gasteiger partial charge in [0.2, 0.25) is 11.8 Å².